The van der Waals surface area contributed by atoms with Crippen molar-refractivity contribution in [3.05, 3.63) is 42.0 Å². The normalized spacial score (nSPS) is 12.8. The van der Waals surface area contributed by atoms with E-state index in [4.69, 9.17) is 34.6 Å². The highest BCUT2D eigenvalue weighted by Crippen LogP contribution is 2.36. The zero-order valence-electron chi connectivity index (χ0n) is 18.3. The maximum Gasteiger partial charge on any atom is 0.257 e. The predicted octanol–water partition coefficient (Wildman–Crippen LogP) is 2.31. The van der Waals surface area contributed by atoms with Gasteiger partial charge in [0.2, 0.25) is 0 Å². The van der Waals surface area contributed by atoms with Crippen LogP contribution in [0.3, 0.4) is 0 Å². The SMILES string of the molecule is COCCNC(=O)c1c(N)n(-c2cccc(OC)c2)c2nc3cc4c(cc3nc12)OCCO4. The Morgan fingerprint density at radius 1 is 1.12 bits per heavy atom. The van der Waals surface area contributed by atoms with Crippen molar-refractivity contribution in [3.63, 3.8) is 0 Å². The second-order valence-electron chi connectivity index (χ2n) is 7.43. The van der Waals surface area contributed by atoms with Crippen LogP contribution in [0.15, 0.2) is 36.4 Å². The van der Waals surface area contributed by atoms with Crippen LogP contribution in [0, 0.1) is 0 Å². The Morgan fingerprint density at radius 3 is 2.55 bits per heavy atom. The van der Waals surface area contributed by atoms with Gasteiger partial charge in [-0.1, -0.05) is 6.07 Å². The number of anilines is 1. The minimum absolute atomic E-state index is 0.223. The van der Waals surface area contributed by atoms with Gasteiger partial charge in [0.05, 0.1) is 30.4 Å². The molecule has 10 nitrogen and oxygen atoms in total. The Kier molecular flexibility index (Phi) is 5.35. The summed E-state index contributed by atoms with van der Waals surface area (Å²) in [6, 6.07) is 10.9. The average molecular weight is 449 g/mol. The van der Waals surface area contributed by atoms with E-state index in [0.717, 1.165) is 0 Å². The lowest BCUT2D eigenvalue weighted by Crippen LogP contribution is -2.27. The molecule has 0 saturated heterocycles. The quantitative estimate of drug-likeness (QED) is 0.430. The molecule has 0 fully saturated rings. The minimum Gasteiger partial charge on any atom is -0.497 e. The summed E-state index contributed by atoms with van der Waals surface area (Å²) in [6.45, 7) is 1.63. The van der Waals surface area contributed by atoms with E-state index in [1.165, 1.54) is 0 Å². The number of hydrogen-bond donors (Lipinski definition) is 2. The van der Waals surface area contributed by atoms with E-state index < -0.39 is 0 Å². The summed E-state index contributed by atoms with van der Waals surface area (Å²) in [7, 11) is 3.16. The van der Waals surface area contributed by atoms with Crippen LogP contribution in [0.5, 0.6) is 17.2 Å². The second-order valence-corrected chi connectivity index (χ2v) is 7.43. The number of amides is 1. The fourth-order valence-electron chi connectivity index (χ4n) is 3.84. The molecule has 3 heterocycles. The Labute approximate surface area is 189 Å². The molecule has 5 rings (SSSR count). The number of benzene rings is 2. The molecule has 0 saturated carbocycles. The van der Waals surface area contributed by atoms with E-state index in [2.05, 4.69) is 5.32 Å². The summed E-state index contributed by atoms with van der Waals surface area (Å²) in [5, 5.41) is 2.82. The van der Waals surface area contributed by atoms with Crippen LogP contribution in [-0.2, 0) is 4.74 Å². The minimum atomic E-state index is -0.359. The molecule has 0 radical (unpaired) electrons. The number of carbonyl (C=O) groups is 1. The first-order chi connectivity index (χ1) is 16.1. The van der Waals surface area contributed by atoms with E-state index in [-0.39, 0.29) is 17.3 Å². The van der Waals surface area contributed by atoms with E-state index in [1.54, 1.807) is 30.9 Å². The van der Waals surface area contributed by atoms with Crippen molar-refractivity contribution < 1.29 is 23.7 Å². The van der Waals surface area contributed by atoms with Gasteiger partial charge in [0.15, 0.2) is 17.1 Å². The van der Waals surface area contributed by atoms with Gasteiger partial charge in [0.1, 0.15) is 35.9 Å². The van der Waals surface area contributed by atoms with Crippen molar-refractivity contribution in [2.75, 3.05) is 46.3 Å². The van der Waals surface area contributed by atoms with E-state index >= 15 is 0 Å². The topological polar surface area (TPSA) is 123 Å². The first-order valence-electron chi connectivity index (χ1n) is 10.4. The number of aromatic nitrogens is 3. The van der Waals surface area contributed by atoms with Gasteiger partial charge in [0.25, 0.3) is 5.91 Å². The van der Waals surface area contributed by atoms with Crippen LogP contribution in [0.1, 0.15) is 10.4 Å². The lowest BCUT2D eigenvalue weighted by Gasteiger charge is -2.18. The third-order valence-electron chi connectivity index (χ3n) is 5.39. The maximum atomic E-state index is 13.1. The lowest BCUT2D eigenvalue weighted by atomic mass is 10.2. The molecular formula is C23H23N5O5. The van der Waals surface area contributed by atoms with Crippen molar-refractivity contribution in [1.29, 1.82) is 0 Å². The molecule has 4 aromatic rings. The van der Waals surface area contributed by atoms with Gasteiger partial charge < -0.3 is 30.0 Å². The lowest BCUT2D eigenvalue weighted by molar-refractivity contribution is 0.0939. The molecule has 0 aliphatic carbocycles. The molecule has 0 atom stereocenters. The fraction of sp³-hybridized carbons (Fsp3) is 0.261. The molecule has 2 aromatic heterocycles. The smallest absolute Gasteiger partial charge is 0.257 e. The highest BCUT2D eigenvalue weighted by Gasteiger charge is 2.25. The largest absolute Gasteiger partial charge is 0.497 e. The van der Waals surface area contributed by atoms with Crippen LogP contribution in [0.4, 0.5) is 5.82 Å². The number of carbonyl (C=O) groups excluding carboxylic acids is 1. The molecule has 170 valence electrons. The molecule has 1 amide bonds. The van der Waals surface area contributed by atoms with Gasteiger partial charge in [0, 0.05) is 31.9 Å². The van der Waals surface area contributed by atoms with Crippen molar-refractivity contribution in [1.82, 2.24) is 19.9 Å². The van der Waals surface area contributed by atoms with E-state index in [0.29, 0.717) is 71.5 Å². The van der Waals surface area contributed by atoms with Gasteiger partial charge in [-0.15, -0.1) is 0 Å². The molecule has 10 heteroatoms. The van der Waals surface area contributed by atoms with Crippen LogP contribution in [0.2, 0.25) is 0 Å². The van der Waals surface area contributed by atoms with Crippen LogP contribution >= 0.6 is 0 Å². The van der Waals surface area contributed by atoms with Crippen molar-refractivity contribution in [2.45, 2.75) is 0 Å². The highest BCUT2D eigenvalue weighted by molar-refractivity contribution is 6.11. The number of hydrogen-bond acceptors (Lipinski definition) is 8. The Bertz CT molecular complexity index is 1370. The number of nitrogens with two attached hydrogens (primary N) is 1. The summed E-state index contributed by atoms with van der Waals surface area (Å²) < 4.78 is 23.5. The zero-order valence-corrected chi connectivity index (χ0v) is 18.3. The fourth-order valence-corrected chi connectivity index (χ4v) is 3.84. The van der Waals surface area contributed by atoms with Crippen molar-refractivity contribution in [2.24, 2.45) is 0 Å². The number of nitrogens with zero attached hydrogens (tertiary/aromatic N) is 3. The molecule has 0 unspecified atom stereocenters. The molecule has 1 aliphatic heterocycles. The first-order valence-corrected chi connectivity index (χ1v) is 10.4. The summed E-state index contributed by atoms with van der Waals surface area (Å²) >= 11 is 0. The molecular weight excluding hydrogens is 426 g/mol. The van der Waals surface area contributed by atoms with Crippen molar-refractivity contribution in [3.8, 4) is 22.9 Å². The van der Waals surface area contributed by atoms with Gasteiger partial charge in [-0.3, -0.25) is 9.36 Å². The van der Waals surface area contributed by atoms with Gasteiger partial charge in [-0.05, 0) is 12.1 Å². The number of methoxy groups -OCH3 is 2. The van der Waals surface area contributed by atoms with E-state index in [1.807, 2.05) is 24.3 Å². The van der Waals surface area contributed by atoms with Crippen molar-refractivity contribution >= 4 is 33.9 Å². The number of nitrogen functional groups attached to an aromatic ring is 1. The molecule has 1 aliphatic rings. The summed E-state index contributed by atoms with van der Waals surface area (Å²) in [5.74, 6) is 1.71. The Balaban J connectivity index is 1.76. The molecule has 0 bridgehead atoms. The number of fused-ring (bicyclic) bond motifs is 3. The Morgan fingerprint density at radius 2 is 1.85 bits per heavy atom. The van der Waals surface area contributed by atoms with Crippen LogP contribution in [0.25, 0.3) is 27.9 Å². The maximum absolute atomic E-state index is 13.1. The summed E-state index contributed by atoms with van der Waals surface area (Å²) in [5.41, 5.74) is 9.46. The van der Waals surface area contributed by atoms with Crippen LogP contribution in [-0.4, -0.2) is 61.0 Å². The summed E-state index contributed by atoms with van der Waals surface area (Å²) in [4.78, 5) is 22.7. The van der Waals surface area contributed by atoms with Gasteiger partial charge in [-0.25, -0.2) is 9.97 Å². The summed E-state index contributed by atoms with van der Waals surface area (Å²) in [6.07, 6.45) is 0. The monoisotopic (exact) mass is 449 g/mol. The third-order valence-corrected chi connectivity index (χ3v) is 5.39. The second kappa shape index (κ2) is 8.47. The number of nitrogens with one attached hydrogen (secondary N) is 1. The predicted molar refractivity (Wildman–Crippen MR) is 123 cm³/mol. The highest BCUT2D eigenvalue weighted by atomic mass is 16.6. The first kappa shape index (κ1) is 20.8. The standard InChI is InChI=1S/C23H23N5O5/c1-30-7-6-25-23(29)19-20-22(28(21(19)24)13-4-3-5-14(10-13)31-2)27-16-12-18-17(11-15(16)26-20)32-8-9-33-18/h3-5,10-12H,6-9,24H2,1-2H3,(H,25,29). The Hall–Kier alpha value is -4.05. The van der Waals surface area contributed by atoms with E-state index in [9.17, 15) is 4.79 Å². The average Bonchev–Trinajstić information content (AvgIpc) is 3.11. The van der Waals surface area contributed by atoms with Gasteiger partial charge in [-0.2, -0.15) is 0 Å². The molecule has 2 aromatic carbocycles. The number of rotatable bonds is 6. The number of ether oxygens (including phenoxy) is 4. The molecule has 3 N–H and O–H groups in total. The van der Waals surface area contributed by atoms with Gasteiger partial charge >= 0.3 is 0 Å². The zero-order chi connectivity index (χ0) is 22.9. The third kappa shape index (κ3) is 3.64. The van der Waals surface area contributed by atoms with Crippen LogP contribution < -0.4 is 25.3 Å². The molecule has 33 heavy (non-hydrogen) atoms. The molecule has 0 spiro atoms.